The Hall–Kier alpha value is -3.51. The fourth-order valence-electron chi connectivity index (χ4n) is 8.37. The van der Waals surface area contributed by atoms with Gasteiger partial charge in [0.25, 0.3) is 5.91 Å². The predicted molar refractivity (Wildman–Crippen MR) is 200 cm³/mol. The van der Waals surface area contributed by atoms with E-state index in [1.807, 2.05) is 27.7 Å². The molecule has 11 nitrogen and oxygen atoms in total. The molecule has 2 aliphatic carbocycles. The van der Waals surface area contributed by atoms with Crippen molar-refractivity contribution in [3.63, 3.8) is 0 Å². The quantitative estimate of drug-likeness (QED) is 0.114. The minimum Gasteiger partial charge on any atom is -0.506 e. The first-order valence-electron chi connectivity index (χ1n) is 18.8. The van der Waals surface area contributed by atoms with E-state index in [-0.39, 0.29) is 23.6 Å². The molecule has 2 saturated carbocycles. The van der Waals surface area contributed by atoms with Crippen molar-refractivity contribution in [1.82, 2.24) is 24.5 Å². The van der Waals surface area contributed by atoms with Crippen LogP contribution in [0.2, 0.25) is 25.7 Å². The summed E-state index contributed by atoms with van der Waals surface area (Å²) >= 11 is 0. The Morgan fingerprint density at radius 1 is 1.02 bits per heavy atom. The van der Waals surface area contributed by atoms with E-state index in [0.29, 0.717) is 47.8 Å². The number of aromatic nitrogens is 5. The minimum absolute atomic E-state index is 0.0449. The first kappa shape index (κ1) is 37.7. The molecule has 2 amide bonds. The van der Waals surface area contributed by atoms with Crippen LogP contribution in [0.1, 0.15) is 117 Å². The van der Waals surface area contributed by atoms with Crippen LogP contribution < -0.4 is 11.1 Å². The number of aryl methyl sites for hydroxylation is 1. The Labute approximate surface area is 298 Å². The summed E-state index contributed by atoms with van der Waals surface area (Å²) in [4.78, 5) is 32.4. The fraction of sp³-hybridized carbons (Fsp3) is 0.658. The third-order valence-corrected chi connectivity index (χ3v) is 12.6. The Morgan fingerprint density at radius 3 is 2.18 bits per heavy atom. The van der Waals surface area contributed by atoms with Crippen LogP contribution in [-0.2, 0) is 16.3 Å². The smallest absolute Gasteiger partial charge is 0.267 e. The maximum Gasteiger partial charge on any atom is 0.267 e. The highest BCUT2D eigenvalue weighted by molar-refractivity contribution is 6.76. The normalized spacial score (nSPS) is 17.1. The Balaban J connectivity index is 1.47. The van der Waals surface area contributed by atoms with Crippen LogP contribution in [0.5, 0.6) is 5.75 Å². The number of ether oxygens (including phenoxy) is 1. The third kappa shape index (κ3) is 8.67. The SMILES string of the molecule is Cc1nn(COCC[Si](C)(C)C)c(C)c1-c1ncc(NC(=O)C(c2cnn(C(C)C)c2C(N)=O)C(C2CCCCC2)C2CCCCC2)cc1O. The molecule has 0 aliphatic heterocycles. The molecule has 3 aromatic rings. The van der Waals surface area contributed by atoms with E-state index >= 15 is 0 Å². The molecule has 2 aliphatic rings. The van der Waals surface area contributed by atoms with Crippen LogP contribution in [0.25, 0.3) is 11.3 Å². The average molecular weight is 706 g/mol. The summed E-state index contributed by atoms with van der Waals surface area (Å²) < 4.78 is 9.41. The zero-order chi connectivity index (χ0) is 36.2. The molecule has 0 aromatic carbocycles. The van der Waals surface area contributed by atoms with Gasteiger partial charge in [0, 0.05) is 43.6 Å². The molecular formula is C38H59N7O4Si. The summed E-state index contributed by atoms with van der Waals surface area (Å²) in [6.45, 7) is 15.7. The summed E-state index contributed by atoms with van der Waals surface area (Å²) in [6.07, 6.45) is 14.6. The second-order valence-corrected chi connectivity index (χ2v) is 21.8. The first-order valence-corrected chi connectivity index (χ1v) is 22.5. The molecule has 3 heterocycles. The minimum atomic E-state index is -1.21. The maximum absolute atomic E-state index is 14.7. The zero-order valence-corrected chi connectivity index (χ0v) is 32.3. The second kappa shape index (κ2) is 16.2. The highest BCUT2D eigenvalue weighted by Gasteiger charge is 2.43. The number of pyridine rings is 1. The van der Waals surface area contributed by atoms with Crippen LogP contribution in [0, 0.1) is 31.6 Å². The van der Waals surface area contributed by atoms with E-state index in [4.69, 9.17) is 10.5 Å². The molecular weight excluding hydrogens is 647 g/mol. The van der Waals surface area contributed by atoms with Gasteiger partial charge < -0.3 is 20.9 Å². The molecule has 3 aromatic heterocycles. The van der Waals surface area contributed by atoms with Gasteiger partial charge in [0.2, 0.25) is 5.91 Å². The number of aromatic hydroxyl groups is 1. The van der Waals surface area contributed by atoms with E-state index in [1.54, 1.807) is 27.8 Å². The average Bonchev–Trinajstić information content (AvgIpc) is 3.63. The van der Waals surface area contributed by atoms with Crippen molar-refractivity contribution >= 4 is 25.6 Å². The lowest BCUT2D eigenvalue weighted by molar-refractivity contribution is -0.120. The lowest BCUT2D eigenvalue weighted by atomic mass is 9.63. The van der Waals surface area contributed by atoms with E-state index in [9.17, 15) is 14.7 Å². The fourth-order valence-corrected chi connectivity index (χ4v) is 9.13. The lowest BCUT2D eigenvalue weighted by Crippen LogP contribution is -2.39. The summed E-state index contributed by atoms with van der Waals surface area (Å²) in [7, 11) is -1.21. The van der Waals surface area contributed by atoms with Gasteiger partial charge in [0.05, 0.1) is 29.7 Å². The zero-order valence-electron chi connectivity index (χ0n) is 31.3. The van der Waals surface area contributed by atoms with Gasteiger partial charge in [0.15, 0.2) is 0 Å². The van der Waals surface area contributed by atoms with Crippen LogP contribution >= 0.6 is 0 Å². The van der Waals surface area contributed by atoms with Crippen molar-refractivity contribution in [2.24, 2.45) is 23.5 Å². The number of nitrogens with zero attached hydrogens (tertiary/aromatic N) is 5. The number of rotatable bonds is 14. The van der Waals surface area contributed by atoms with Crippen molar-refractivity contribution < 1.29 is 19.4 Å². The maximum atomic E-state index is 14.7. The standard InChI is InChI=1S/C38H59N7O4Si/c1-24(2)45-36(37(39)47)30(22-41-45)34(33(27-14-10-8-11-15-27)28-16-12-9-13-17-28)38(48)42-29-20-31(46)35(40-21-29)32-25(3)43-44(26(32)4)23-49-18-19-50(5,6)7/h20-22,24,27-28,33-34,46H,8-19,23H2,1-7H3,(H2,39,47)(H,42,48). The molecule has 0 saturated heterocycles. The summed E-state index contributed by atoms with van der Waals surface area (Å²) in [5.41, 5.74) is 10.1. The highest BCUT2D eigenvalue weighted by Crippen LogP contribution is 2.48. The van der Waals surface area contributed by atoms with Crippen molar-refractivity contribution in [1.29, 1.82) is 0 Å². The van der Waals surface area contributed by atoms with Crippen LogP contribution in [0.3, 0.4) is 0 Å². The summed E-state index contributed by atoms with van der Waals surface area (Å²) in [5, 5.41) is 23.7. The molecule has 12 heteroatoms. The molecule has 0 radical (unpaired) electrons. The van der Waals surface area contributed by atoms with Gasteiger partial charge in [-0.3, -0.25) is 19.3 Å². The number of nitrogens with two attached hydrogens (primary N) is 1. The number of hydrogen-bond acceptors (Lipinski definition) is 7. The Bertz CT molecular complexity index is 1610. The molecule has 1 unspecified atom stereocenters. The van der Waals surface area contributed by atoms with E-state index in [2.05, 4.69) is 40.1 Å². The molecule has 0 bridgehead atoms. The van der Waals surface area contributed by atoms with Crippen LogP contribution in [0.15, 0.2) is 18.5 Å². The number of carbonyl (C=O) groups is 2. The van der Waals surface area contributed by atoms with E-state index in [0.717, 1.165) is 74.4 Å². The van der Waals surface area contributed by atoms with Crippen molar-refractivity contribution in [3.05, 3.63) is 41.1 Å². The van der Waals surface area contributed by atoms with Crippen molar-refractivity contribution in [3.8, 4) is 17.0 Å². The third-order valence-electron chi connectivity index (χ3n) is 10.9. The number of hydrogen-bond donors (Lipinski definition) is 3. The van der Waals surface area contributed by atoms with Gasteiger partial charge >= 0.3 is 0 Å². The largest absolute Gasteiger partial charge is 0.506 e. The van der Waals surface area contributed by atoms with Gasteiger partial charge in [-0.2, -0.15) is 10.2 Å². The Morgan fingerprint density at radius 2 is 1.64 bits per heavy atom. The van der Waals surface area contributed by atoms with Gasteiger partial charge in [0.1, 0.15) is 23.9 Å². The van der Waals surface area contributed by atoms with Gasteiger partial charge in [-0.25, -0.2) is 4.68 Å². The van der Waals surface area contributed by atoms with Crippen LogP contribution in [-0.4, -0.2) is 56.1 Å². The summed E-state index contributed by atoms with van der Waals surface area (Å²) in [5.74, 6) is -0.701. The molecule has 1 atom stereocenters. The lowest BCUT2D eigenvalue weighted by Gasteiger charge is -2.42. The first-order chi connectivity index (χ1) is 23.8. The van der Waals surface area contributed by atoms with Crippen molar-refractivity contribution in [2.75, 3.05) is 11.9 Å². The number of nitrogens with one attached hydrogen (secondary N) is 1. The molecule has 50 heavy (non-hydrogen) atoms. The van der Waals surface area contributed by atoms with E-state index in [1.165, 1.54) is 12.8 Å². The number of primary amides is 1. The monoisotopic (exact) mass is 705 g/mol. The number of carbonyl (C=O) groups excluding carboxylic acids is 2. The highest BCUT2D eigenvalue weighted by atomic mass is 28.3. The Kier molecular flexibility index (Phi) is 12.2. The van der Waals surface area contributed by atoms with Crippen LogP contribution in [0.4, 0.5) is 5.69 Å². The number of anilines is 1. The molecule has 0 spiro atoms. The molecule has 2 fully saturated rings. The van der Waals surface area contributed by atoms with Gasteiger partial charge in [-0.1, -0.05) is 83.8 Å². The molecule has 5 rings (SSSR count). The van der Waals surface area contributed by atoms with Gasteiger partial charge in [-0.15, -0.1) is 0 Å². The molecule has 4 N–H and O–H groups in total. The number of amides is 2. The summed E-state index contributed by atoms with van der Waals surface area (Å²) in [6, 6.07) is 2.53. The molecule has 274 valence electrons. The van der Waals surface area contributed by atoms with E-state index < -0.39 is 19.9 Å². The van der Waals surface area contributed by atoms with Gasteiger partial charge in [-0.05, 0) is 51.5 Å². The predicted octanol–water partition coefficient (Wildman–Crippen LogP) is 7.96. The van der Waals surface area contributed by atoms with Crippen molar-refractivity contribution in [2.45, 2.75) is 136 Å². The topological polar surface area (TPSA) is 150 Å². The second-order valence-electron chi connectivity index (χ2n) is 16.2.